The number of nitrogens with zero attached hydrogens (tertiary/aromatic N) is 1. The second-order valence-corrected chi connectivity index (χ2v) is 5.82. The van der Waals surface area contributed by atoms with E-state index in [1.54, 1.807) is 0 Å². The van der Waals surface area contributed by atoms with Crippen LogP contribution in [0.1, 0.15) is 28.4 Å². The minimum absolute atomic E-state index is 0.159. The highest BCUT2D eigenvalue weighted by Gasteiger charge is 2.12. The molecule has 2 nitrogen and oxygen atoms in total. The van der Waals surface area contributed by atoms with Gasteiger partial charge in [0, 0.05) is 16.1 Å². The Kier molecular flexibility index (Phi) is 3.66. The summed E-state index contributed by atoms with van der Waals surface area (Å²) in [5.41, 5.74) is 11.7. The monoisotopic (exact) mass is 296 g/mol. The van der Waals surface area contributed by atoms with Gasteiger partial charge >= 0.3 is 0 Å². The quantitative estimate of drug-likeness (QED) is 0.753. The van der Waals surface area contributed by atoms with E-state index in [0.717, 1.165) is 38.3 Å². The van der Waals surface area contributed by atoms with Gasteiger partial charge < -0.3 is 5.73 Å². The van der Waals surface area contributed by atoms with E-state index in [0.29, 0.717) is 0 Å². The van der Waals surface area contributed by atoms with Crippen LogP contribution in [0.5, 0.6) is 0 Å². The van der Waals surface area contributed by atoms with E-state index in [9.17, 15) is 0 Å². The number of aryl methyl sites for hydroxylation is 2. The number of aromatic nitrogens is 1. The average Bonchev–Trinajstić information content (AvgIpc) is 2.46. The van der Waals surface area contributed by atoms with E-state index < -0.39 is 0 Å². The molecule has 2 N–H and O–H groups in total. The molecule has 0 aliphatic rings. The smallest absolute Gasteiger partial charge is 0.0705 e. The topological polar surface area (TPSA) is 38.9 Å². The van der Waals surface area contributed by atoms with E-state index >= 15 is 0 Å². The first-order valence-electron chi connectivity index (χ1n) is 6.93. The van der Waals surface area contributed by atoms with E-state index in [1.165, 1.54) is 0 Å². The maximum absolute atomic E-state index is 6.42. The lowest BCUT2D eigenvalue weighted by molar-refractivity contribution is 0.863. The van der Waals surface area contributed by atoms with Crippen molar-refractivity contribution in [1.82, 2.24) is 4.98 Å². The number of fused-ring (bicyclic) bond motifs is 1. The molecule has 3 rings (SSSR count). The SMILES string of the molecule is Cc1ccc2cc(C(N)c3ccc(Cl)cc3C)ccc2n1. The molecule has 0 saturated carbocycles. The van der Waals surface area contributed by atoms with Gasteiger partial charge in [-0.25, -0.2) is 0 Å². The van der Waals surface area contributed by atoms with Gasteiger partial charge in [0.15, 0.2) is 0 Å². The van der Waals surface area contributed by atoms with Crippen molar-refractivity contribution < 1.29 is 0 Å². The van der Waals surface area contributed by atoms with E-state index in [2.05, 4.69) is 17.1 Å². The minimum atomic E-state index is -0.159. The molecule has 1 unspecified atom stereocenters. The maximum Gasteiger partial charge on any atom is 0.0705 e. The molecule has 0 aliphatic heterocycles. The fourth-order valence-electron chi connectivity index (χ4n) is 2.61. The molecule has 0 fully saturated rings. The standard InChI is InChI=1S/C18H17ClN2/c1-11-9-15(19)6-7-16(11)18(20)14-5-8-17-13(10-14)4-3-12(2)21-17/h3-10,18H,20H2,1-2H3. The van der Waals surface area contributed by atoms with Crippen LogP contribution in [-0.2, 0) is 0 Å². The number of nitrogens with two attached hydrogens (primary N) is 1. The second kappa shape index (κ2) is 5.47. The number of benzene rings is 2. The van der Waals surface area contributed by atoms with E-state index in [1.807, 2.05) is 50.2 Å². The third-order valence-corrected chi connectivity index (χ3v) is 4.01. The molecule has 1 aromatic heterocycles. The van der Waals surface area contributed by atoms with Gasteiger partial charge in [-0.15, -0.1) is 0 Å². The van der Waals surface area contributed by atoms with Crippen molar-refractivity contribution in [3.63, 3.8) is 0 Å². The predicted molar refractivity (Wildman–Crippen MR) is 88.7 cm³/mol. The zero-order chi connectivity index (χ0) is 15.0. The summed E-state index contributed by atoms with van der Waals surface area (Å²) >= 11 is 6.01. The zero-order valence-corrected chi connectivity index (χ0v) is 12.9. The lowest BCUT2D eigenvalue weighted by atomic mass is 9.95. The van der Waals surface area contributed by atoms with Crippen molar-refractivity contribution in [2.45, 2.75) is 19.9 Å². The first-order valence-corrected chi connectivity index (χ1v) is 7.31. The third-order valence-electron chi connectivity index (χ3n) is 3.78. The Labute approximate surface area is 129 Å². The van der Waals surface area contributed by atoms with Crippen LogP contribution in [0.15, 0.2) is 48.5 Å². The summed E-state index contributed by atoms with van der Waals surface area (Å²) < 4.78 is 0. The van der Waals surface area contributed by atoms with Crippen LogP contribution in [0.25, 0.3) is 10.9 Å². The molecule has 3 aromatic rings. The molecular weight excluding hydrogens is 280 g/mol. The van der Waals surface area contributed by atoms with Crippen molar-refractivity contribution in [3.05, 3.63) is 75.9 Å². The van der Waals surface area contributed by atoms with Gasteiger partial charge in [-0.1, -0.05) is 29.8 Å². The largest absolute Gasteiger partial charge is 0.320 e. The maximum atomic E-state index is 6.42. The molecule has 1 atom stereocenters. The summed E-state index contributed by atoms with van der Waals surface area (Å²) in [6, 6.07) is 16.0. The lowest BCUT2D eigenvalue weighted by Gasteiger charge is -2.16. The fraction of sp³-hybridized carbons (Fsp3) is 0.167. The molecule has 0 amide bonds. The zero-order valence-electron chi connectivity index (χ0n) is 12.1. The van der Waals surface area contributed by atoms with Crippen LogP contribution in [0.3, 0.4) is 0 Å². The van der Waals surface area contributed by atoms with Gasteiger partial charge in [-0.05, 0) is 60.9 Å². The highest BCUT2D eigenvalue weighted by atomic mass is 35.5. The Morgan fingerprint density at radius 3 is 2.57 bits per heavy atom. The van der Waals surface area contributed by atoms with Crippen LogP contribution in [0.2, 0.25) is 5.02 Å². The normalized spacial score (nSPS) is 12.6. The van der Waals surface area contributed by atoms with Gasteiger partial charge in [-0.2, -0.15) is 0 Å². The molecule has 21 heavy (non-hydrogen) atoms. The molecule has 1 heterocycles. The average molecular weight is 297 g/mol. The molecule has 0 saturated heterocycles. The van der Waals surface area contributed by atoms with Crippen LogP contribution in [0, 0.1) is 13.8 Å². The van der Waals surface area contributed by atoms with Crippen LogP contribution >= 0.6 is 11.6 Å². The first kappa shape index (κ1) is 14.1. The highest BCUT2D eigenvalue weighted by Crippen LogP contribution is 2.27. The second-order valence-electron chi connectivity index (χ2n) is 5.38. The molecule has 106 valence electrons. The molecular formula is C18H17ClN2. The number of hydrogen-bond acceptors (Lipinski definition) is 2. The van der Waals surface area contributed by atoms with Crippen LogP contribution in [0.4, 0.5) is 0 Å². The summed E-state index contributed by atoms with van der Waals surface area (Å²) in [6.45, 7) is 4.03. The first-order chi connectivity index (χ1) is 10.0. The van der Waals surface area contributed by atoms with Crippen molar-refractivity contribution in [1.29, 1.82) is 0 Å². The molecule has 0 spiro atoms. The van der Waals surface area contributed by atoms with Gasteiger partial charge in [0.25, 0.3) is 0 Å². The van der Waals surface area contributed by atoms with Crippen LogP contribution in [-0.4, -0.2) is 4.98 Å². The van der Waals surface area contributed by atoms with Gasteiger partial charge in [0.1, 0.15) is 0 Å². The van der Waals surface area contributed by atoms with Gasteiger partial charge in [-0.3, -0.25) is 4.98 Å². The van der Waals surface area contributed by atoms with Crippen molar-refractivity contribution in [2.75, 3.05) is 0 Å². The lowest BCUT2D eigenvalue weighted by Crippen LogP contribution is -2.13. The Morgan fingerprint density at radius 1 is 1.00 bits per heavy atom. The van der Waals surface area contributed by atoms with Crippen molar-refractivity contribution in [3.8, 4) is 0 Å². The van der Waals surface area contributed by atoms with Crippen LogP contribution < -0.4 is 5.73 Å². The Balaban J connectivity index is 2.04. The number of halogens is 1. The van der Waals surface area contributed by atoms with Crippen molar-refractivity contribution in [2.24, 2.45) is 5.73 Å². The molecule has 3 heteroatoms. The predicted octanol–water partition coefficient (Wildman–Crippen LogP) is 4.55. The van der Waals surface area contributed by atoms with E-state index in [-0.39, 0.29) is 6.04 Å². The number of pyridine rings is 1. The summed E-state index contributed by atoms with van der Waals surface area (Å²) in [5, 5.41) is 1.85. The number of rotatable bonds is 2. The minimum Gasteiger partial charge on any atom is -0.320 e. The third kappa shape index (κ3) is 2.78. The summed E-state index contributed by atoms with van der Waals surface area (Å²) in [5.74, 6) is 0. The molecule has 2 aromatic carbocycles. The molecule has 0 radical (unpaired) electrons. The Morgan fingerprint density at radius 2 is 1.81 bits per heavy atom. The van der Waals surface area contributed by atoms with E-state index in [4.69, 9.17) is 17.3 Å². The number of hydrogen-bond donors (Lipinski definition) is 1. The van der Waals surface area contributed by atoms with Gasteiger partial charge in [0.05, 0.1) is 11.6 Å². The summed E-state index contributed by atoms with van der Waals surface area (Å²) in [4.78, 5) is 4.52. The molecule has 0 aliphatic carbocycles. The highest BCUT2D eigenvalue weighted by molar-refractivity contribution is 6.30. The fourth-order valence-corrected chi connectivity index (χ4v) is 2.83. The van der Waals surface area contributed by atoms with Gasteiger partial charge in [0.2, 0.25) is 0 Å². The summed E-state index contributed by atoms with van der Waals surface area (Å²) in [6.07, 6.45) is 0. The van der Waals surface area contributed by atoms with Crippen molar-refractivity contribution >= 4 is 22.5 Å². The summed E-state index contributed by atoms with van der Waals surface area (Å²) in [7, 11) is 0. The molecule has 0 bridgehead atoms. The Bertz CT molecular complexity index is 811. The Hall–Kier alpha value is -1.90.